The van der Waals surface area contributed by atoms with E-state index in [1.807, 2.05) is 30.3 Å². The van der Waals surface area contributed by atoms with Gasteiger partial charge in [0.2, 0.25) is 0 Å². The third-order valence-corrected chi connectivity index (χ3v) is 5.56. The van der Waals surface area contributed by atoms with Crippen molar-refractivity contribution >= 4 is 23.4 Å². The van der Waals surface area contributed by atoms with Gasteiger partial charge in [0.25, 0.3) is 0 Å². The number of amides is 1. The molecule has 8 nitrogen and oxygen atoms in total. The molecule has 2 saturated heterocycles. The maximum Gasteiger partial charge on any atom is 0.410 e. The van der Waals surface area contributed by atoms with Crippen molar-refractivity contribution in [1.29, 1.82) is 0 Å². The number of aryl methyl sites for hydroxylation is 1. The summed E-state index contributed by atoms with van der Waals surface area (Å²) >= 11 is 0. The summed E-state index contributed by atoms with van der Waals surface area (Å²) in [5.41, 5.74) is 5.85. The third kappa shape index (κ3) is 3.13. The molecule has 2 aliphatic heterocycles. The summed E-state index contributed by atoms with van der Waals surface area (Å²) in [6.07, 6.45) is 8.56. The Hall–Kier alpha value is -2.87. The summed E-state index contributed by atoms with van der Waals surface area (Å²) in [6, 6.07) is 2.07. The van der Waals surface area contributed by atoms with Gasteiger partial charge in [-0.15, -0.1) is 0 Å². The summed E-state index contributed by atoms with van der Waals surface area (Å²) in [6.45, 7) is 3.90. The minimum Gasteiger partial charge on any atom is -0.441 e. The number of carbonyl (C=O) groups excluding carboxylic acids is 1. The van der Waals surface area contributed by atoms with E-state index >= 15 is 0 Å². The van der Waals surface area contributed by atoms with E-state index in [2.05, 4.69) is 27.1 Å². The van der Waals surface area contributed by atoms with Gasteiger partial charge < -0.3 is 19.3 Å². The molecule has 0 N–H and O–H groups in total. The molecule has 1 aliphatic carbocycles. The lowest BCUT2D eigenvalue weighted by molar-refractivity contribution is -0.104. The van der Waals surface area contributed by atoms with Crippen molar-refractivity contribution in [2.24, 2.45) is 7.05 Å². The fourth-order valence-electron chi connectivity index (χ4n) is 3.89. The summed E-state index contributed by atoms with van der Waals surface area (Å²) in [4.78, 5) is 20.9. The van der Waals surface area contributed by atoms with Crippen LogP contribution in [0.5, 0.6) is 0 Å². The highest BCUT2D eigenvalue weighted by molar-refractivity contribution is 5.91. The molecule has 2 aromatic heterocycles. The molecule has 0 unspecified atom stereocenters. The van der Waals surface area contributed by atoms with Crippen LogP contribution in [0.25, 0.3) is 11.6 Å². The molecule has 0 saturated carbocycles. The van der Waals surface area contributed by atoms with Crippen molar-refractivity contribution in [3.63, 3.8) is 0 Å². The van der Waals surface area contributed by atoms with Crippen molar-refractivity contribution in [1.82, 2.24) is 19.7 Å². The Morgan fingerprint density at radius 1 is 1.25 bits per heavy atom. The van der Waals surface area contributed by atoms with Crippen molar-refractivity contribution in [3.05, 3.63) is 41.5 Å². The van der Waals surface area contributed by atoms with Crippen LogP contribution in [0.15, 0.2) is 24.7 Å². The van der Waals surface area contributed by atoms with Gasteiger partial charge >= 0.3 is 6.09 Å². The average molecular weight is 381 g/mol. The lowest BCUT2D eigenvalue weighted by Crippen LogP contribution is -2.51. The molecule has 0 aromatic carbocycles. The Labute approximate surface area is 163 Å². The molecular weight excluding hydrogens is 358 g/mol. The fraction of sp³-hybridized carbons (Fsp3) is 0.450. The highest BCUT2D eigenvalue weighted by atomic mass is 16.6. The number of nitrogens with zero attached hydrogens (tertiary/aromatic N) is 5. The number of anilines is 1. The van der Waals surface area contributed by atoms with Gasteiger partial charge in [-0.3, -0.25) is 9.67 Å². The number of pyridine rings is 1. The van der Waals surface area contributed by atoms with Crippen LogP contribution in [-0.2, 0) is 22.9 Å². The Morgan fingerprint density at radius 2 is 2.07 bits per heavy atom. The van der Waals surface area contributed by atoms with Crippen LogP contribution in [0.2, 0.25) is 0 Å². The number of carbonyl (C=O) groups is 1. The first kappa shape index (κ1) is 17.2. The van der Waals surface area contributed by atoms with Crippen LogP contribution in [0.3, 0.4) is 0 Å². The molecule has 8 heteroatoms. The van der Waals surface area contributed by atoms with E-state index in [0.717, 1.165) is 30.8 Å². The maximum atomic E-state index is 12.2. The van der Waals surface area contributed by atoms with Crippen LogP contribution >= 0.6 is 0 Å². The smallest absolute Gasteiger partial charge is 0.410 e. The molecule has 0 atom stereocenters. The lowest BCUT2D eigenvalue weighted by atomic mass is 10.1. The van der Waals surface area contributed by atoms with Gasteiger partial charge in [-0.05, 0) is 17.7 Å². The van der Waals surface area contributed by atoms with Crippen LogP contribution in [-0.4, -0.2) is 71.3 Å². The van der Waals surface area contributed by atoms with Crippen LogP contribution in [0.4, 0.5) is 10.5 Å². The Balaban J connectivity index is 1.29. The number of piperazine rings is 1. The molecule has 3 aliphatic rings. The standard InChI is InChI=1S/C20H23N5O3/c1-23-11-15(10-22-23)14-8-17-18(9-14)21-3-2-19(17)24-4-6-25(7-5-24)20(26)28-16-12-27-13-16/h2-3,8,10-11,16H,4-7,9,12-13H2,1H3. The van der Waals surface area contributed by atoms with Crippen molar-refractivity contribution in [2.75, 3.05) is 44.3 Å². The van der Waals surface area contributed by atoms with Gasteiger partial charge in [0.1, 0.15) is 0 Å². The Morgan fingerprint density at radius 3 is 2.75 bits per heavy atom. The van der Waals surface area contributed by atoms with E-state index in [0.29, 0.717) is 26.3 Å². The number of fused-ring (bicyclic) bond motifs is 1. The van der Waals surface area contributed by atoms with Gasteiger partial charge in [0.05, 0.1) is 25.1 Å². The summed E-state index contributed by atoms with van der Waals surface area (Å²) in [5.74, 6) is 0. The van der Waals surface area contributed by atoms with E-state index in [9.17, 15) is 4.79 Å². The summed E-state index contributed by atoms with van der Waals surface area (Å²) in [7, 11) is 1.93. The van der Waals surface area contributed by atoms with E-state index in [4.69, 9.17) is 9.47 Å². The number of aromatic nitrogens is 3. The van der Waals surface area contributed by atoms with Gasteiger partial charge in [0.15, 0.2) is 6.10 Å². The Bertz CT molecular complexity index is 926. The largest absolute Gasteiger partial charge is 0.441 e. The van der Waals surface area contributed by atoms with Gasteiger partial charge in [-0.2, -0.15) is 5.10 Å². The first-order valence-corrected chi connectivity index (χ1v) is 9.63. The normalized spacial score (nSPS) is 19.2. The second-order valence-corrected chi connectivity index (χ2v) is 7.46. The number of hydrogen-bond acceptors (Lipinski definition) is 6. The third-order valence-electron chi connectivity index (χ3n) is 5.56. The summed E-state index contributed by atoms with van der Waals surface area (Å²) < 4.78 is 12.3. The molecular formula is C20H23N5O3. The average Bonchev–Trinajstić information content (AvgIpc) is 3.30. The van der Waals surface area contributed by atoms with E-state index in [-0.39, 0.29) is 12.2 Å². The summed E-state index contributed by atoms with van der Waals surface area (Å²) in [5, 5.41) is 4.28. The van der Waals surface area contributed by atoms with Gasteiger partial charge in [-0.25, -0.2) is 4.79 Å². The molecule has 28 heavy (non-hydrogen) atoms. The zero-order chi connectivity index (χ0) is 19.1. The molecule has 0 spiro atoms. The molecule has 2 aromatic rings. The predicted octanol–water partition coefficient (Wildman–Crippen LogP) is 1.57. The maximum absolute atomic E-state index is 12.2. The highest BCUT2D eigenvalue weighted by Gasteiger charge is 2.29. The second kappa shape index (κ2) is 6.94. The molecule has 0 radical (unpaired) electrons. The monoisotopic (exact) mass is 381 g/mol. The van der Waals surface area contributed by atoms with Crippen LogP contribution in [0, 0.1) is 0 Å². The zero-order valence-corrected chi connectivity index (χ0v) is 15.9. The first-order chi connectivity index (χ1) is 13.7. The van der Waals surface area contributed by atoms with E-state index in [1.54, 1.807) is 4.90 Å². The minimum absolute atomic E-state index is 0.0787. The Kier molecular flexibility index (Phi) is 4.27. The predicted molar refractivity (Wildman–Crippen MR) is 104 cm³/mol. The van der Waals surface area contributed by atoms with Crippen molar-refractivity contribution < 1.29 is 14.3 Å². The quantitative estimate of drug-likeness (QED) is 0.804. The SMILES string of the molecule is Cn1cc(C2=Cc3c(N4CCN(C(=O)OC5COC5)CC4)ccnc3C2)cn1. The molecule has 5 rings (SSSR count). The number of rotatable bonds is 3. The van der Waals surface area contributed by atoms with E-state index < -0.39 is 0 Å². The zero-order valence-electron chi connectivity index (χ0n) is 15.9. The van der Waals surface area contributed by atoms with Crippen LogP contribution in [0.1, 0.15) is 16.8 Å². The van der Waals surface area contributed by atoms with Crippen molar-refractivity contribution in [3.8, 4) is 0 Å². The second-order valence-electron chi connectivity index (χ2n) is 7.46. The number of ether oxygens (including phenoxy) is 2. The van der Waals surface area contributed by atoms with E-state index in [1.165, 1.54) is 16.8 Å². The molecule has 4 heterocycles. The molecule has 146 valence electrons. The minimum atomic E-state index is -0.230. The fourth-order valence-corrected chi connectivity index (χ4v) is 3.89. The topological polar surface area (TPSA) is 72.7 Å². The number of hydrogen-bond donors (Lipinski definition) is 0. The first-order valence-electron chi connectivity index (χ1n) is 9.63. The molecule has 2 fully saturated rings. The van der Waals surface area contributed by atoms with Gasteiger partial charge in [0, 0.05) is 68.9 Å². The molecule has 0 bridgehead atoms. The van der Waals surface area contributed by atoms with Gasteiger partial charge in [-0.1, -0.05) is 0 Å². The number of allylic oxidation sites excluding steroid dienone is 1. The molecule has 1 amide bonds. The van der Waals surface area contributed by atoms with Crippen molar-refractivity contribution in [2.45, 2.75) is 12.5 Å². The highest BCUT2D eigenvalue weighted by Crippen LogP contribution is 2.36. The lowest BCUT2D eigenvalue weighted by Gasteiger charge is -2.37. The van der Waals surface area contributed by atoms with Crippen LogP contribution < -0.4 is 4.90 Å².